The van der Waals surface area contributed by atoms with Crippen LogP contribution in [0.5, 0.6) is 0 Å². The molecule has 4 N–H and O–H groups in total. The Morgan fingerprint density at radius 3 is 2.71 bits per heavy atom. The lowest BCUT2D eigenvalue weighted by Crippen LogP contribution is -2.33. The first-order chi connectivity index (χ1) is 15.0. The van der Waals surface area contributed by atoms with Crippen LogP contribution >= 0.6 is 11.6 Å². The molecule has 4 rings (SSSR count). The molecule has 2 heterocycles. The predicted octanol–water partition coefficient (Wildman–Crippen LogP) is 5.54. The summed E-state index contributed by atoms with van der Waals surface area (Å²) in [4.78, 5) is 9.23. The number of hydrogen-bond acceptors (Lipinski definition) is 5. The number of pyridine rings is 2. The zero-order valence-electron chi connectivity index (χ0n) is 17.5. The Morgan fingerprint density at radius 2 is 1.94 bits per heavy atom. The molecule has 2 aromatic heterocycles. The van der Waals surface area contributed by atoms with E-state index >= 15 is 0 Å². The Hall–Kier alpha value is -2.70. The van der Waals surface area contributed by atoms with Crippen molar-refractivity contribution in [2.75, 3.05) is 10.6 Å². The fourth-order valence-electron chi connectivity index (χ4n) is 3.88. The van der Waals surface area contributed by atoms with Crippen LogP contribution in [0.3, 0.4) is 0 Å². The minimum absolute atomic E-state index is 0.249. The standard InChI is InChI=1S/C24H27ClFN5/c1-15-5-10-22(31-24(15)29-13-16-3-2-4-17(26)11-16)20-12-23(28-14-21(20)25)30-19-8-6-18(27)7-9-19/h2-5,10-12,14,18-19H,6-9,13,27H2,1H3,(H,28,30)(H,29,31)/t18-,19-. The third-order valence-electron chi connectivity index (χ3n) is 5.70. The normalized spacial score (nSPS) is 18.6. The van der Waals surface area contributed by atoms with Gasteiger partial charge in [-0.05, 0) is 68.0 Å². The Balaban J connectivity index is 1.52. The van der Waals surface area contributed by atoms with Gasteiger partial charge in [-0.15, -0.1) is 0 Å². The maximum Gasteiger partial charge on any atom is 0.129 e. The van der Waals surface area contributed by atoms with Gasteiger partial charge in [0.05, 0.1) is 10.7 Å². The maximum atomic E-state index is 13.5. The summed E-state index contributed by atoms with van der Waals surface area (Å²) in [5.41, 5.74) is 9.45. The van der Waals surface area contributed by atoms with Crippen LogP contribution in [-0.2, 0) is 6.54 Å². The molecule has 0 unspecified atom stereocenters. The van der Waals surface area contributed by atoms with E-state index in [2.05, 4.69) is 15.6 Å². The highest BCUT2D eigenvalue weighted by molar-refractivity contribution is 6.33. The van der Waals surface area contributed by atoms with Gasteiger partial charge >= 0.3 is 0 Å². The van der Waals surface area contributed by atoms with Gasteiger partial charge in [-0.3, -0.25) is 0 Å². The molecule has 0 amide bonds. The van der Waals surface area contributed by atoms with Gasteiger partial charge in [0.15, 0.2) is 0 Å². The van der Waals surface area contributed by atoms with Crippen molar-refractivity contribution in [1.29, 1.82) is 0 Å². The van der Waals surface area contributed by atoms with E-state index in [0.29, 0.717) is 23.7 Å². The van der Waals surface area contributed by atoms with Gasteiger partial charge < -0.3 is 16.4 Å². The molecule has 1 fully saturated rings. The Morgan fingerprint density at radius 1 is 1.13 bits per heavy atom. The van der Waals surface area contributed by atoms with Crippen molar-refractivity contribution in [3.05, 3.63) is 70.6 Å². The molecular weight excluding hydrogens is 413 g/mol. The molecule has 31 heavy (non-hydrogen) atoms. The highest BCUT2D eigenvalue weighted by atomic mass is 35.5. The predicted molar refractivity (Wildman–Crippen MR) is 125 cm³/mol. The number of aromatic nitrogens is 2. The van der Waals surface area contributed by atoms with E-state index in [1.807, 2.05) is 31.2 Å². The van der Waals surface area contributed by atoms with Crippen LogP contribution in [0.1, 0.15) is 36.8 Å². The summed E-state index contributed by atoms with van der Waals surface area (Å²) in [6.07, 6.45) is 5.79. The first-order valence-corrected chi connectivity index (χ1v) is 11.0. The van der Waals surface area contributed by atoms with Crippen molar-refractivity contribution < 1.29 is 4.39 Å². The van der Waals surface area contributed by atoms with Crippen LogP contribution in [0, 0.1) is 12.7 Å². The van der Waals surface area contributed by atoms with Gasteiger partial charge in [0.2, 0.25) is 0 Å². The van der Waals surface area contributed by atoms with E-state index < -0.39 is 0 Å². The van der Waals surface area contributed by atoms with E-state index in [9.17, 15) is 4.39 Å². The molecule has 1 aliphatic rings. The molecule has 3 aromatic rings. The van der Waals surface area contributed by atoms with E-state index in [4.69, 9.17) is 22.3 Å². The minimum atomic E-state index is -0.249. The summed E-state index contributed by atoms with van der Waals surface area (Å²) >= 11 is 6.47. The van der Waals surface area contributed by atoms with Gasteiger partial charge in [-0.2, -0.15) is 0 Å². The first kappa shape index (κ1) is 21.5. The number of benzene rings is 1. The van der Waals surface area contributed by atoms with Gasteiger partial charge in [0, 0.05) is 30.4 Å². The number of anilines is 2. The summed E-state index contributed by atoms with van der Waals surface area (Å²) in [6, 6.07) is 13.1. The molecule has 7 heteroatoms. The molecular formula is C24H27ClFN5. The summed E-state index contributed by atoms with van der Waals surface area (Å²) in [5, 5.41) is 7.36. The van der Waals surface area contributed by atoms with Crippen molar-refractivity contribution >= 4 is 23.2 Å². The number of rotatable bonds is 6. The Kier molecular flexibility index (Phi) is 6.68. The average molecular weight is 440 g/mol. The van der Waals surface area contributed by atoms with Crippen LogP contribution in [0.15, 0.2) is 48.7 Å². The SMILES string of the molecule is Cc1ccc(-c2cc(N[C@H]3CC[C@H](N)CC3)ncc2Cl)nc1NCc1cccc(F)c1. The van der Waals surface area contributed by atoms with Crippen molar-refractivity contribution in [1.82, 2.24) is 9.97 Å². The van der Waals surface area contributed by atoms with E-state index in [1.165, 1.54) is 12.1 Å². The number of hydrogen-bond donors (Lipinski definition) is 3. The lowest BCUT2D eigenvalue weighted by Gasteiger charge is -2.27. The van der Waals surface area contributed by atoms with Gasteiger partial charge in [0.25, 0.3) is 0 Å². The fraction of sp³-hybridized carbons (Fsp3) is 0.333. The Labute approximate surface area is 187 Å². The summed E-state index contributed by atoms with van der Waals surface area (Å²) in [6.45, 7) is 2.47. The van der Waals surface area contributed by atoms with Crippen molar-refractivity contribution in [2.45, 2.75) is 51.2 Å². The third-order valence-corrected chi connectivity index (χ3v) is 6.00. The van der Waals surface area contributed by atoms with Crippen molar-refractivity contribution in [3.8, 4) is 11.3 Å². The Bertz CT molecular complexity index is 1050. The topological polar surface area (TPSA) is 75.9 Å². The van der Waals surface area contributed by atoms with Crippen LogP contribution in [0.2, 0.25) is 5.02 Å². The second-order valence-electron chi connectivity index (χ2n) is 8.15. The van der Waals surface area contributed by atoms with E-state index in [0.717, 1.165) is 59.7 Å². The lowest BCUT2D eigenvalue weighted by molar-refractivity contribution is 0.410. The molecule has 0 radical (unpaired) electrons. The number of nitrogens with one attached hydrogen (secondary N) is 2. The van der Waals surface area contributed by atoms with Crippen LogP contribution in [0.25, 0.3) is 11.3 Å². The molecule has 0 bridgehead atoms. The smallest absolute Gasteiger partial charge is 0.129 e. The highest BCUT2D eigenvalue weighted by Gasteiger charge is 2.19. The van der Waals surface area contributed by atoms with Gasteiger partial charge in [-0.25, -0.2) is 14.4 Å². The van der Waals surface area contributed by atoms with Gasteiger partial charge in [0.1, 0.15) is 17.5 Å². The summed E-state index contributed by atoms with van der Waals surface area (Å²) in [5.74, 6) is 1.28. The van der Waals surface area contributed by atoms with Crippen molar-refractivity contribution in [3.63, 3.8) is 0 Å². The largest absolute Gasteiger partial charge is 0.367 e. The average Bonchev–Trinajstić information content (AvgIpc) is 2.76. The third kappa shape index (κ3) is 5.51. The first-order valence-electron chi connectivity index (χ1n) is 10.6. The molecule has 5 nitrogen and oxygen atoms in total. The second-order valence-corrected chi connectivity index (χ2v) is 8.56. The molecule has 0 atom stereocenters. The summed E-state index contributed by atoms with van der Waals surface area (Å²) in [7, 11) is 0. The van der Waals surface area contributed by atoms with Crippen LogP contribution in [-0.4, -0.2) is 22.1 Å². The quantitative estimate of drug-likeness (QED) is 0.470. The molecule has 0 spiro atoms. The molecule has 1 aromatic carbocycles. The lowest BCUT2D eigenvalue weighted by atomic mass is 9.92. The molecule has 0 aliphatic heterocycles. The number of nitrogens with two attached hydrogens (primary N) is 1. The molecule has 1 aliphatic carbocycles. The van der Waals surface area contributed by atoms with Crippen LogP contribution in [0.4, 0.5) is 16.0 Å². The zero-order valence-corrected chi connectivity index (χ0v) is 18.3. The van der Waals surface area contributed by atoms with E-state index in [1.54, 1.807) is 12.3 Å². The van der Waals surface area contributed by atoms with Crippen LogP contribution < -0.4 is 16.4 Å². The number of aryl methyl sites for hydroxylation is 1. The molecule has 162 valence electrons. The minimum Gasteiger partial charge on any atom is -0.367 e. The fourth-order valence-corrected chi connectivity index (χ4v) is 4.08. The van der Waals surface area contributed by atoms with Crippen molar-refractivity contribution in [2.24, 2.45) is 5.73 Å². The summed E-state index contributed by atoms with van der Waals surface area (Å²) < 4.78 is 13.5. The monoisotopic (exact) mass is 439 g/mol. The zero-order chi connectivity index (χ0) is 21.8. The second kappa shape index (κ2) is 9.62. The molecule has 1 saturated carbocycles. The van der Waals surface area contributed by atoms with Gasteiger partial charge in [-0.1, -0.05) is 29.8 Å². The number of nitrogens with zero attached hydrogens (tertiary/aromatic N) is 2. The van der Waals surface area contributed by atoms with E-state index in [-0.39, 0.29) is 5.82 Å². The maximum absolute atomic E-state index is 13.5. The number of halogens is 2. The molecule has 0 saturated heterocycles. The highest BCUT2D eigenvalue weighted by Crippen LogP contribution is 2.31.